The Morgan fingerprint density at radius 2 is 1.25 bits per heavy atom. The summed E-state index contributed by atoms with van der Waals surface area (Å²) < 4.78 is 8.12. The second kappa shape index (κ2) is 16.5. The normalized spacial score (nSPS) is 1.00. The maximum atomic E-state index is 8.12. The molecule has 0 rings (SSSR count). The van der Waals surface area contributed by atoms with Crippen LogP contribution in [0.15, 0.2) is 0 Å². The summed E-state index contributed by atoms with van der Waals surface area (Å²) in [5, 5.41) is 0. The molecule has 0 aromatic heterocycles. The summed E-state index contributed by atoms with van der Waals surface area (Å²) in [7, 11) is 0. The van der Waals surface area contributed by atoms with Crippen molar-refractivity contribution in [2.45, 2.75) is 0 Å². The Bertz CT molecular complexity index is 8.00. The van der Waals surface area contributed by atoms with E-state index in [0.717, 1.165) is 0 Å². The van der Waals surface area contributed by atoms with Crippen molar-refractivity contribution in [2.75, 3.05) is 0 Å². The molecule has 0 aliphatic carbocycles. The first kappa shape index (κ1) is 15.7. The van der Waals surface area contributed by atoms with E-state index < -0.39 is 0 Å². The number of hydrogen-bond acceptors (Lipinski definition) is 1. The average Bonchev–Trinajstić information content (AvgIpc) is 1.00. The molecule has 0 spiro atoms. The Morgan fingerprint density at radius 1 is 1.25 bits per heavy atom. The molecule has 0 heterocycles. The molecule has 0 saturated carbocycles. The van der Waals surface area contributed by atoms with Crippen LogP contribution in [-0.4, -0.2) is 48.9 Å². The van der Waals surface area contributed by atoms with Crippen molar-refractivity contribution in [1.82, 2.24) is 0 Å². The summed E-state index contributed by atoms with van der Waals surface area (Å²) in [6.45, 7) is 0. The van der Waals surface area contributed by atoms with Crippen LogP contribution in [-0.2, 0) is 20.0 Å². The van der Waals surface area contributed by atoms with Crippen molar-refractivity contribution in [3.05, 3.63) is 0 Å². The molecule has 0 fully saturated rings. The van der Waals surface area contributed by atoms with Crippen LogP contribution in [0.2, 0.25) is 0 Å². The van der Waals surface area contributed by atoms with Crippen LogP contribution >= 0.6 is 0 Å². The fourth-order valence-electron chi connectivity index (χ4n) is 0. The summed E-state index contributed by atoms with van der Waals surface area (Å²) in [5.74, 6) is 0. The molecule has 4 heteroatoms. The van der Waals surface area contributed by atoms with E-state index in [0.29, 0.717) is 0 Å². The van der Waals surface area contributed by atoms with Crippen LogP contribution in [0.1, 0.15) is 0 Å². The van der Waals surface area contributed by atoms with Crippen molar-refractivity contribution in [3.8, 4) is 0 Å². The molecule has 0 aromatic carbocycles. The monoisotopic (exact) mass is 347 g/mol. The fourth-order valence-corrected chi connectivity index (χ4v) is 0. The third-order valence-corrected chi connectivity index (χ3v) is 0. The zero-order chi connectivity index (χ0) is 2.00. The molecule has 1 radical (unpaired) electrons. The van der Waals surface area contributed by atoms with E-state index in [9.17, 15) is 0 Å². The second-order valence-electron chi connectivity index (χ2n) is 0. The molecule has 1 nitrogen and oxygen atoms in total. The molecule has 0 bridgehead atoms. The van der Waals surface area contributed by atoms with E-state index in [4.69, 9.17) is 3.80 Å². The third-order valence-electron chi connectivity index (χ3n) is 0. The Balaban J connectivity index is -0.00000000500. The van der Waals surface area contributed by atoms with Gasteiger partial charge in [-0.3, -0.25) is 0 Å². The van der Waals surface area contributed by atoms with Crippen LogP contribution in [0.3, 0.4) is 0 Å². The van der Waals surface area contributed by atoms with Crippen LogP contribution in [0.25, 0.3) is 0 Å². The van der Waals surface area contributed by atoms with Gasteiger partial charge in [0.2, 0.25) is 0 Å². The first-order valence-corrected chi connectivity index (χ1v) is 0.687. The molecule has 19 valence electrons. The van der Waals surface area contributed by atoms with Gasteiger partial charge < -0.3 is 0 Å². The van der Waals surface area contributed by atoms with Crippen LogP contribution in [0.5, 0.6) is 0 Å². The molecule has 0 amide bonds. The third kappa shape index (κ3) is 8.92. The summed E-state index contributed by atoms with van der Waals surface area (Å²) in [4.78, 5) is 0. The molecular formula is H2BaCrLaO. The zero-order valence-corrected chi connectivity index (χ0v) is 6.29. The van der Waals surface area contributed by atoms with Gasteiger partial charge in [0.05, 0.1) is 0 Å². The van der Waals surface area contributed by atoms with Gasteiger partial charge >= 0.3 is 68.9 Å². The number of rotatable bonds is 0. The van der Waals surface area contributed by atoms with E-state index in [1.54, 1.807) is 0 Å². The number of hydrogen-bond donors (Lipinski definition) is 0. The molecule has 0 aliphatic rings. The van der Waals surface area contributed by atoms with Gasteiger partial charge in [-0.2, -0.15) is 0 Å². The van der Waals surface area contributed by atoms with Crippen molar-refractivity contribution in [1.29, 1.82) is 0 Å². The quantitative estimate of drug-likeness (QED) is 0.513. The van der Waals surface area contributed by atoms with E-state index >= 15 is 0 Å². The first-order chi connectivity index (χ1) is 1.00. The van der Waals surface area contributed by atoms with Gasteiger partial charge in [-0.25, -0.2) is 0 Å². The summed E-state index contributed by atoms with van der Waals surface area (Å²) in [5.41, 5.74) is 0. The van der Waals surface area contributed by atoms with Gasteiger partial charge in [-0.15, -0.1) is 0 Å². The Morgan fingerprint density at radius 3 is 1.25 bits per heavy atom. The Hall–Kier alpha value is 3.10. The van der Waals surface area contributed by atoms with Crippen molar-refractivity contribution in [2.24, 2.45) is 0 Å². The maximum absolute atomic E-state index is 8.12. The van der Waals surface area contributed by atoms with Crippen molar-refractivity contribution < 1.29 is 55.6 Å². The molecule has 0 aromatic rings. The second-order valence-corrected chi connectivity index (χ2v) is 0. The van der Waals surface area contributed by atoms with E-state index in [1.807, 2.05) is 0 Å². The van der Waals surface area contributed by atoms with Gasteiger partial charge in [0, 0.05) is 35.6 Å². The van der Waals surface area contributed by atoms with Crippen LogP contribution in [0, 0.1) is 35.6 Å². The zero-order valence-electron chi connectivity index (χ0n) is 1.39. The predicted molar refractivity (Wildman–Crippen MR) is 9.23 cm³/mol. The average molecular weight is 346 g/mol. The van der Waals surface area contributed by atoms with Crippen LogP contribution in [0.4, 0.5) is 0 Å². The standard InChI is InChI=1S/Ba.Cr.La.O.2H. The SMILES string of the molecule is [BaH2].[La].[O]=[Cr]. The molecule has 0 aliphatic heterocycles. The molecule has 0 saturated heterocycles. The van der Waals surface area contributed by atoms with Gasteiger partial charge in [0.25, 0.3) is 0 Å². The molecule has 0 unspecified atom stereocenters. The summed E-state index contributed by atoms with van der Waals surface area (Å²) in [6, 6.07) is 0. The summed E-state index contributed by atoms with van der Waals surface area (Å²) in [6.07, 6.45) is 0. The fraction of sp³-hybridized carbons (Fsp3) is 0. The van der Waals surface area contributed by atoms with Gasteiger partial charge in [-0.05, 0) is 0 Å². The molecule has 4 heavy (non-hydrogen) atoms. The minimum atomic E-state index is 0. The molecule has 0 atom stereocenters. The van der Waals surface area contributed by atoms with Gasteiger partial charge in [0.1, 0.15) is 0 Å². The Labute approximate surface area is 102 Å². The van der Waals surface area contributed by atoms with E-state index in [1.165, 1.54) is 16.2 Å². The van der Waals surface area contributed by atoms with Crippen LogP contribution < -0.4 is 0 Å². The predicted octanol–water partition coefficient (Wildman–Crippen LogP) is -1.04. The van der Waals surface area contributed by atoms with Crippen molar-refractivity contribution >= 4 is 48.9 Å². The Kier molecular flexibility index (Phi) is 64.9. The topological polar surface area (TPSA) is 17.1 Å². The first-order valence-electron chi connectivity index (χ1n) is 0.167. The summed E-state index contributed by atoms with van der Waals surface area (Å²) >= 11 is 1.38. The van der Waals surface area contributed by atoms with E-state index in [-0.39, 0.29) is 84.5 Å². The molecular weight excluding hydrogens is 344 g/mol. The molecule has 0 N–H and O–H groups in total. The minimum absolute atomic E-state index is 0. The van der Waals surface area contributed by atoms with Crippen molar-refractivity contribution in [3.63, 3.8) is 0 Å². The van der Waals surface area contributed by atoms with E-state index in [2.05, 4.69) is 0 Å². The van der Waals surface area contributed by atoms with Gasteiger partial charge in [0.15, 0.2) is 0 Å². The van der Waals surface area contributed by atoms with Gasteiger partial charge in [-0.1, -0.05) is 0 Å².